The van der Waals surface area contributed by atoms with E-state index < -0.39 is 0 Å². The topological polar surface area (TPSA) is 77.7 Å². The van der Waals surface area contributed by atoms with E-state index in [0.717, 1.165) is 36.5 Å². The van der Waals surface area contributed by atoms with Gasteiger partial charge in [0.05, 0.1) is 25.4 Å². The molecule has 30 heavy (non-hydrogen) atoms. The van der Waals surface area contributed by atoms with Crippen LogP contribution in [0.3, 0.4) is 0 Å². The fourth-order valence-corrected chi connectivity index (χ4v) is 3.70. The molecular weight excluding hydrogens is 382 g/mol. The lowest BCUT2D eigenvalue weighted by Gasteiger charge is -2.31. The average molecular weight is 407 g/mol. The second-order valence-corrected chi connectivity index (χ2v) is 7.31. The van der Waals surface area contributed by atoms with Crippen molar-refractivity contribution in [3.8, 4) is 11.5 Å². The average Bonchev–Trinajstić information content (AvgIpc) is 3.27. The Morgan fingerprint density at radius 2 is 2.13 bits per heavy atom. The lowest BCUT2D eigenvalue weighted by molar-refractivity contribution is -0.134. The van der Waals surface area contributed by atoms with E-state index in [1.54, 1.807) is 37.8 Å². The molecule has 0 spiro atoms. The number of piperidine rings is 1. The molecule has 0 bridgehead atoms. The summed E-state index contributed by atoms with van der Waals surface area (Å²) in [6.45, 7) is 1.31. The fraction of sp³-hybridized carbons (Fsp3) is 0.348. The van der Waals surface area contributed by atoms with Gasteiger partial charge in [-0.3, -0.25) is 9.78 Å². The summed E-state index contributed by atoms with van der Waals surface area (Å²) in [5.41, 5.74) is 1.05. The van der Waals surface area contributed by atoms with Gasteiger partial charge in [-0.05, 0) is 31.0 Å². The molecule has 0 saturated carbocycles. The van der Waals surface area contributed by atoms with Crippen LogP contribution in [-0.4, -0.2) is 47.6 Å². The molecule has 1 aliphatic heterocycles. The summed E-state index contributed by atoms with van der Waals surface area (Å²) < 4.78 is 17.0. The van der Waals surface area contributed by atoms with E-state index in [1.165, 1.54) is 0 Å². The van der Waals surface area contributed by atoms with Crippen molar-refractivity contribution in [2.75, 3.05) is 26.8 Å². The number of nitrogens with zero attached hydrogens (tertiary/aromatic N) is 3. The minimum absolute atomic E-state index is 0.00302. The van der Waals surface area contributed by atoms with E-state index in [9.17, 15) is 4.79 Å². The lowest BCUT2D eigenvalue weighted by Crippen LogP contribution is -2.41. The zero-order valence-corrected chi connectivity index (χ0v) is 17.0. The van der Waals surface area contributed by atoms with E-state index >= 15 is 0 Å². The minimum Gasteiger partial charge on any atom is -0.496 e. The van der Waals surface area contributed by atoms with Crippen molar-refractivity contribution in [2.45, 2.75) is 25.2 Å². The molecule has 1 unspecified atom stereocenters. The Bertz CT molecular complexity index is 973. The van der Waals surface area contributed by atoms with E-state index in [2.05, 4.69) is 9.97 Å². The summed E-state index contributed by atoms with van der Waals surface area (Å²) in [5, 5.41) is 0. The number of carbonyl (C=O) groups excluding carboxylic acids is 1. The maximum atomic E-state index is 12.6. The smallest absolute Gasteiger partial charge is 0.260 e. The summed E-state index contributed by atoms with van der Waals surface area (Å²) in [4.78, 5) is 22.9. The highest BCUT2D eigenvalue weighted by molar-refractivity contribution is 5.78. The Labute approximate surface area is 175 Å². The minimum atomic E-state index is -0.0376. The number of benzene rings is 1. The summed E-state index contributed by atoms with van der Waals surface area (Å²) >= 11 is 0. The Hall–Kier alpha value is -3.35. The number of methoxy groups -OCH3 is 1. The van der Waals surface area contributed by atoms with Gasteiger partial charge in [0.2, 0.25) is 0 Å². The summed E-state index contributed by atoms with van der Waals surface area (Å²) in [7, 11) is 1.66. The quantitative estimate of drug-likeness (QED) is 0.597. The molecule has 4 rings (SSSR count). The number of likely N-dealkylation sites (tertiary alicyclic amines) is 1. The van der Waals surface area contributed by atoms with Crippen LogP contribution in [0.1, 0.15) is 36.0 Å². The van der Waals surface area contributed by atoms with Crippen LogP contribution in [0.15, 0.2) is 59.4 Å². The molecule has 3 aromatic rings. The van der Waals surface area contributed by atoms with E-state index in [4.69, 9.17) is 13.9 Å². The van der Waals surface area contributed by atoms with Crippen molar-refractivity contribution in [1.29, 1.82) is 0 Å². The number of para-hydroxylation sites is 1. The van der Waals surface area contributed by atoms with Crippen molar-refractivity contribution in [3.63, 3.8) is 0 Å². The third kappa shape index (κ3) is 4.79. The van der Waals surface area contributed by atoms with Gasteiger partial charge in [0.25, 0.3) is 5.91 Å². The van der Waals surface area contributed by atoms with Crippen LogP contribution in [0.25, 0.3) is 0 Å². The fourth-order valence-electron chi connectivity index (χ4n) is 3.70. The molecule has 0 aliphatic carbocycles. The van der Waals surface area contributed by atoms with Crippen LogP contribution < -0.4 is 9.47 Å². The Morgan fingerprint density at radius 3 is 2.97 bits per heavy atom. The predicted molar refractivity (Wildman–Crippen MR) is 111 cm³/mol. The van der Waals surface area contributed by atoms with Crippen LogP contribution in [0.2, 0.25) is 0 Å². The second kappa shape index (κ2) is 9.43. The van der Waals surface area contributed by atoms with Crippen molar-refractivity contribution in [2.24, 2.45) is 0 Å². The molecule has 7 nitrogen and oxygen atoms in total. The molecule has 156 valence electrons. The maximum absolute atomic E-state index is 12.6. The van der Waals surface area contributed by atoms with E-state index in [0.29, 0.717) is 24.6 Å². The number of hydrogen-bond donors (Lipinski definition) is 0. The van der Waals surface area contributed by atoms with Gasteiger partial charge < -0.3 is 18.8 Å². The molecule has 1 amide bonds. The first-order valence-electron chi connectivity index (χ1n) is 10.1. The predicted octanol–water partition coefficient (Wildman–Crippen LogP) is 3.45. The number of rotatable bonds is 7. The van der Waals surface area contributed by atoms with Gasteiger partial charge in [0.15, 0.2) is 12.5 Å². The highest BCUT2D eigenvalue weighted by atomic mass is 16.5. The zero-order valence-electron chi connectivity index (χ0n) is 17.0. The van der Waals surface area contributed by atoms with Gasteiger partial charge in [-0.1, -0.05) is 18.2 Å². The van der Waals surface area contributed by atoms with Gasteiger partial charge in [-0.2, -0.15) is 0 Å². The highest BCUT2D eigenvalue weighted by Gasteiger charge is 2.28. The molecule has 7 heteroatoms. The monoisotopic (exact) mass is 407 g/mol. The maximum Gasteiger partial charge on any atom is 0.260 e. The van der Waals surface area contributed by atoms with Gasteiger partial charge in [-0.15, -0.1) is 0 Å². The van der Waals surface area contributed by atoms with Crippen LogP contribution in [0, 0.1) is 0 Å². The van der Waals surface area contributed by atoms with E-state index in [-0.39, 0.29) is 18.4 Å². The summed E-state index contributed by atoms with van der Waals surface area (Å²) in [5.74, 6) is 2.95. The molecule has 0 radical (unpaired) electrons. The largest absolute Gasteiger partial charge is 0.496 e. The molecule has 1 atom stereocenters. The van der Waals surface area contributed by atoms with Crippen molar-refractivity contribution in [3.05, 3.63) is 72.2 Å². The third-order valence-corrected chi connectivity index (χ3v) is 5.25. The Kier molecular flexibility index (Phi) is 6.27. The second-order valence-electron chi connectivity index (χ2n) is 7.31. The van der Waals surface area contributed by atoms with Crippen LogP contribution in [-0.2, 0) is 11.2 Å². The first kappa shape index (κ1) is 19.9. The van der Waals surface area contributed by atoms with Crippen LogP contribution in [0.5, 0.6) is 11.5 Å². The number of ether oxygens (including phenoxy) is 2. The molecule has 1 aromatic carbocycles. The lowest BCUT2D eigenvalue weighted by atomic mass is 9.98. The number of pyridine rings is 1. The van der Waals surface area contributed by atoms with Gasteiger partial charge in [0, 0.05) is 31.3 Å². The van der Waals surface area contributed by atoms with Crippen molar-refractivity contribution >= 4 is 5.91 Å². The molecule has 3 heterocycles. The van der Waals surface area contributed by atoms with Gasteiger partial charge >= 0.3 is 0 Å². The molecule has 1 aliphatic rings. The zero-order chi connectivity index (χ0) is 20.8. The Morgan fingerprint density at radius 1 is 1.23 bits per heavy atom. The highest BCUT2D eigenvalue weighted by Crippen LogP contribution is 2.28. The van der Waals surface area contributed by atoms with Crippen molar-refractivity contribution < 1.29 is 18.7 Å². The molecule has 0 N–H and O–H groups in total. The number of hydrogen-bond acceptors (Lipinski definition) is 6. The van der Waals surface area contributed by atoms with Crippen LogP contribution in [0.4, 0.5) is 0 Å². The van der Waals surface area contributed by atoms with E-state index in [1.807, 2.05) is 29.2 Å². The Balaban J connectivity index is 1.36. The number of oxazole rings is 1. The first-order valence-corrected chi connectivity index (χ1v) is 10.1. The summed E-state index contributed by atoms with van der Waals surface area (Å²) in [6.07, 6.45) is 7.51. The van der Waals surface area contributed by atoms with Crippen LogP contribution >= 0.6 is 0 Å². The first-order chi connectivity index (χ1) is 14.7. The SMILES string of the molecule is COc1ccccc1Cc1cnc(C2CCCN(C(=O)COc3cccnc3)C2)o1. The van der Waals surface area contributed by atoms with Gasteiger partial charge in [-0.25, -0.2) is 4.98 Å². The molecule has 2 aromatic heterocycles. The third-order valence-electron chi connectivity index (χ3n) is 5.25. The molecule has 1 saturated heterocycles. The molecular formula is C23H25N3O4. The number of carbonyl (C=O) groups is 1. The summed E-state index contributed by atoms with van der Waals surface area (Å²) in [6, 6.07) is 11.4. The van der Waals surface area contributed by atoms with Gasteiger partial charge in [0.1, 0.15) is 17.3 Å². The van der Waals surface area contributed by atoms with Crippen molar-refractivity contribution in [1.82, 2.24) is 14.9 Å². The molecule has 1 fully saturated rings. The normalized spacial score (nSPS) is 16.3. The standard InChI is InChI=1S/C23H25N3O4/c1-28-21-9-3-2-6-17(21)12-20-14-25-23(30-20)18-7-5-11-26(15-18)22(27)16-29-19-8-4-10-24-13-19/h2-4,6,8-10,13-14,18H,5,7,11-12,15-16H2,1H3. The number of aromatic nitrogens is 2. The number of amides is 1.